The summed E-state index contributed by atoms with van der Waals surface area (Å²) in [5.74, 6) is -0.518. The Morgan fingerprint density at radius 1 is 1.47 bits per heavy atom. The van der Waals surface area contributed by atoms with Gasteiger partial charge in [0, 0.05) is 18.6 Å². The Bertz CT molecular complexity index is 426. The summed E-state index contributed by atoms with van der Waals surface area (Å²) >= 11 is 0. The Labute approximate surface area is 98.5 Å². The molecule has 0 bridgehead atoms. The summed E-state index contributed by atoms with van der Waals surface area (Å²) in [5.41, 5.74) is 5.41. The van der Waals surface area contributed by atoms with Gasteiger partial charge in [-0.3, -0.25) is 14.9 Å². The van der Waals surface area contributed by atoms with Gasteiger partial charge >= 0.3 is 5.97 Å². The first-order valence-electron chi connectivity index (χ1n) is 4.97. The van der Waals surface area contributed by atoms with Gasteiger partial charge in [-0.2, -0.15) is 0 Å². The summed E-state index contributed by atoms with van der Waals surface area (Å²) in [6.45, 7) is 1.56. The van der Waals surface area contributed by atoms with Gasteiger partial charge in [-0.1, -0.05) is 12.1 Å². The first-order chi connectivity index (χ1) is 7.86. The molecule has 1 rings (SSSR count). The van der Waals surface area contributed by atoms with Gasteiger partial charge in [-0.05, 0) is 12.5 Å². The van der Waals surface area contributed by atoms with Crippen molar-refractivity contribution in [3.63, 3.8) is 0 Å². The molecule has 0 radical (unpaired) electrons. The van der Waals surface area contributed by atoms with Crippen LogP contribution in [0, 0.1) is 10.1 Å². The first kappa shape index (κ1) is 13.1. The molecule has 0 amide bonds. The predicted octanol–water partition coefficient (Wildman–Crippen LogP) is 1.03. The SMILES string of the molecule is COC(=O)[C@](C)(N)Cc1ccc([N+](=O)[O-])cc1. The number of carbonyl (C=O) groups is 1. The van der Waals surface area contributed by atoms with Crippen LogP contribution in [0.2, 0.25) is 0 Å². The summed E-state index contributed by atoms with van der Waals surface area (Å²) in [5, 5.41) is 10.5. The van der Waals surface area contributed by atoms with Crippen LogP contribution in [0.3, 0.4) is 0 Å². The molecule has 0 fully saturated rings. The maximum Gasteiger partial charge on any atom is 0.325 e. The Kier molecular flexibility index (Phi) is 3.80. The Morgan fingerprint density at radius 3 is 2.41 bits per heavy atom. The zero-order valence-corrected chi connectivity index (χ0v) is 9.67. The second kappa shape index (κ2) is 4.92. The van der Waals surface area contributed by atoms with Gasteiger partial charge in [0.1, 0.15) is 5.54 Å². The zero-order valence-electron chi connectivity index (χ0n) is 9.67. The van der Waals surface area contributed by atoms with E-state index >= 15 is 0 Å². The zero-order chi connectivity index (χ0) is 13.1. The summed E-state index contributed by atoms with van der Waals surface area (Å²) in [6.07, 6.45) is 0.262. The molecular formula is C11H14N2O4. The third-order valence-corrected chi connectivity index (χ3v) is 2.37. The third-order valence-electron chi connectivity index (χ3n) is 2.37. The fraction of sp³-hybridized carbons (Fsp3) is 0.364. The molecule has 1 aromatic rings. The predicted molar refractivity (Wildman–Crippen MR) is 61.4 cm³/mol. The molecule has 0 heterocycles. The molecule has 0 saturated carbocycles. The lowest BCUT2D eigenvalue weighted by atomic mass is 9.94. The van der Waals surface area contributed by atoms with Crippen LogP contribution in [0.5, 0.6) is 0 Å². The first-order valence-corrected chi connectivity index (χ1v) is 4.97. The van der Waals surface area contributed by atoms with Crippen molar-refractivity contribution in [3.05, 3.63) is 39.9 Å². The highest BCUT2D eigenvalue weighted by molar-refractivity contribution is 5.80. The van der Waals surface area contributed by atoms with E-state index in [0.29, 0.717) is 0 Å². The summed E-state index contributed by atoms with van der Waals surface area (Å²) < 4.78 is 4.58. The van der Waals surface area contributed by atoms with Crippen molar-refractivity contribution >= 4 is 11.7 Å². The number of non-ortho nitro benzene ring substituents is 1. The third kappa shape index (κ3) is 3.25. The number of benzene rings is 1. The highest BCUT2D eigenvalue weighted by Crippen LogP contribution is 2.16. The van der Waals surface area contributed by atoms with E-state index in [1.165, 1.54) is 19.2 Å². The van der Waals surface area contributed by atoms with E-state index in [9.17, 15) is 14.9 Å². The van der Waals surface area contributed by atoms with Crippen molar-refractivity contribution in [2.24, 2.45) is 5.73 Å². The Hall–Kier alpha value is -1.95. The molecule has 6 heteroatoms. The van der Waals surface area contributed by atoms with Crippen molar-refractivity contribution < 1.29 is 14.5 Å². The average Bonchev–Trinajstić information content (AvgIpc) is 2.28. The Balaban J connectivity index is 2.82. The van der Waals surface area contributed by atoms with Crippen LogP contribution in [-0.4, -0.2) is 23.5 Å². The molecule has 1 aromatic carbocycles. The van der Waals surface area contributed by atoms with Gasteiger partial charge < -0.3 is 10.5 Å². The van der Waals surface area contributed by atoms with Gasteiger partial charge in [0.2, 0.25) is 0 Å². The summed E-state index contributed by atoms with van der Waals surface area (Å²) in [4.78, 5) is 21.3. The van der Waals surface area contributed by atoms with E-state index in [1.807, 2.05) is 0 Å². The Morgan fingerprint density at radius 2 is 2.00 bits per heavy atom. The standard InChI is InChI=1S/C11H14N2O4/c1-11(12,10(14)17-2)7-8-3-5-9(6-4-8)13(15)16/h3-6H,7,12H2,1-2H3/t11-/m1/s1. The molecule has 17 heavy (non-hydrogen) atoms. The number of hydrogen-bond donors (Lipinski definition) is 1. The maximum atomic E-state index is 11.4. The number of nitro groups is 1. The number of nitrogens with two attached hydrogens (primary N) is 1. The smallest absolute Gasteiger partial charge is 0.325 e. The van der Waals surface area contributed by atoms with Crippen LogP contribution < -0.4 is 5.73 Å². The molecule has 6 nitrogen and oxygen atoms in total. The van der Waals surface area contributed by atoms with Crippen molar-refractivity contribution in [1.29, 1.82) is 0 Å². The van der Waals surface area contributed by atoms with Crippen LogP contribution in [-0.2, 0) is 16.0 Å². The number of methoxy groups -OCH3 is 1. The van der Waals surface area contributed by atoms with Gasteiger partial charge in [-0.25, -0.2) is 0 Å². The molecule has 0 aliphatic carbocycles. The summed E-state index contributed by atoms with van der Waals surface area (Å²) in [6, 6.07) is 5.91. The van der Waals surface area contributed by atoms with E-state index in [-0.39, 0.29) is 12.1 Å². The lowest BCUT2D eigenvalue weighted by Gasteiger charge is -2.21. The topological polar surface area (TPSA) is 95.5 Å². The monoisotopic (exact) mass is 238 g/mol. The van der Waals surface area contributed by atoms with Crippen LogP contribution >= 0.6 is 0 Å². The minimum absolute atomic E-state index is 0.00513. The lowest BCUT2D eigenvalue weighted by molar-refractivity contribution is -0.384. The van der Waals surface area contributed by atoms with Crippen LogP contribution in [0.15, 0.2) is 24.3 Å². The fourth-order valence-corrected chi connectivity index (χ4v) is 1.46. The van der Waals surface area contributed by atoms with Crippen molar-refractivity contribution in [2.45, 2.75) is 18.9 Å². The molecule has 2 N–H and O–H groups in total. The van der Waals surface area contributed by atoms with Crippen LogP contribution in [0.25, 0.3) is 0 Å². The maximum absolute atomic E-state index is 11.4. The van der Waals surface area contributed by atoms with Crippen LogP contribution in [0.4, 0.5) is 5.69 Å². The van der Waals surface area contributed by atoms with E-state index in [1.54, 1.807) is 19.1 Å². The second-order valence-corrected chi connectivity index (χ2v) is 4.01. The molecule has 1 atom stereocenters. The molecule has 92 valence electrons. The number of carbonyl (C=O) groups excluding carboxylic acids is 1. The average molecular weight is 238 g/mol. The van der Waals surface area contributed by atoms with Gasteiger partial charge in [0.15, 0.2) is 0 Å². The van der Waals surface area contributed by atoms with Crippen LogP contribution in [0.1, 0.15) is 12.5 Å². The minimum atomic E-state index is -1.13. The quantitative estimate of drug-likeness (QED) is 0.480. The fourth-order valence-electron chi connectivity index (χ4n) is 1.46. The van der Waals surface area contributed by atoms with Crippen molar-refractivity contribution in [1.82, 2.24) is 0 Å². The number of rotatable bonds is 4. The number of nitrogens with zero attached hydrogens (tertiary/aromatic N) is 1. The lowest BCUT2D eigenvalue weighted by Crippen LogP contribution is -2.47. The highest BCUT2D eigenvalue weighted by atomic mass is 16.6. The molecule has 0 aromatic heterocycles. The largest absolute Gasteiger partial charge is 0.468 e. The second-order valence-electron chi connectivity index (χ2n) is 4.01. The molecule has 0 unspecified atom stereocenters. The molecule has 0 spiro atoms. The molecule has 0 aliphatic rings. The normalized spacial score (nSPS) is 13.8. The van der Waals surface area contributed by atoms with Crippen molar-refractivity contribution in [2.75, 3.05) is 7.11 Å². The van der Waals surface area contributed by atoms with Gasteiger partial charge in [0.05, 0.1) is 12.0 Å². The number of esters is 1. The molecule has 0 saturated heterocycles. The van der Waals surface area contributed by atoms with Crippen molar-refractivity contribution in [3.8, 4) is 0 Å². The van der Waals surface area contributed by atoms with E-state index in [4.69, 9.17) is 5.73 Å². The minimum Gasteiger partial charge on any atom is -0.468 e. The molecular weight excluding hydrogens is 224 g/mol. The molecule has 0 aliphatic heterocycles. The highest BCUT2D eigenvalue weighted by Gasteiger charge is 2.29. The van der Waals surface area contributed by atoms with E-state index in [0.717, 1.165) is 5.56 Å². The number of nitro benzene ring substituents is 1. The van der Waals surface area contributed by atoms with Gasteiger partial charge in [-0.15, -0.1) is 0 Å². The number of ether oxygens (including phenoxy) is 1. The summed E-state index contributed by atoms with van der Waals surface area (Å²) in [7, 11) is 1.27. The van der Waals surface area contributed by atoms with Gasteiger partial charge in [0.25, 0.3) is 5.69 Å². The van der Waals surface area contributed by atoms with E-state index < -0.39 is 16.4 Å². The number of hydrogen-bond acceptors (Lipinski definition) is 5. The van der Waals surface area contributed by atoms with E-state index in [2.05, 4.69) is 4.74 Å².